The summed E-state index contributed by atoms with van der Waals surface area (Å²) in [6.45, 7) is 4.87. The van der Waals surface area contributed by atoms with Gasteiger partial charge in [-0.05, 0) is 44.9 Å². The number of aliphatic hydroxyl groups is 1. The Bertz CT molecular complexity index is 334. The Hall–Kier alpha value is -1.13. The highest BCUT2D eigenvalue weighted by Crippen LogP contribution is 2.17. The van der Waals surface area contributed by atoms with Crippen LogP contribution in [0.3, 0.4) is 0 Å². The fraction of sp³-hybridized carbons (Fsp3) is 0.643. The lowest BCUT2D eigenvalue weighted by Crippen LogP contribution is -2.43. The second-order valence-electron chi connectivity index (χ2n) is 5.04. The largest absolute Gasteiger partial charge is 0.393 e. The molecule has 0 aromatic carbocycles. The molecule has 0 saturated carbocycles. The van der Waals surface area contributed by atoms with Crippen molar-refractivity contribution in [3.63, 3.8) is 0 Å². The Kier molecular flexibility index (Phi) is 4.96. The first kappa shape index (κ1) is 13.3. The fourth-order valence-corrected chi connectivity index (χ4v) is 2.35. The highest BCUT2D eigenvalue weighted by atomic mass is 16.3. The summed E-state index contributed by atoms with van der Waals surface area (Å²) in [5.41, 5.74) is 0. The van der Waals surface area contributed by atoms with Gasteiger partial charge in [-0.15, -0.1) is 0 Å². The molecule has 1 atom stereocenters. The smallest absolute Gasteiger partial charge is 0.128 e. The summed E-state index contributed by atoms with van der Waals surface area (Å²) < 4.78 is 0. The molecule has 1 aromatic heterocycles. The fourth-order valence-electron chi connectivity index (χ4n) is 2.35. The zero-order valence-corrected chi connectivity index (χ0v) is 11.0. The van der Waals surface area contributed by atoms with Crippen molar-refractivity contribution in [2.24, 2.45) is 0 Å². The molecule has 4 heteroatoms. The SMILES string of the molecule is CC(O)CCNC1CCN(c2ccccn2)CC1. The van der Waals surface area contributed by atoms with Crippen LogP contribution in [-0.4, -0.2) is 41.9 Å². The molecule has 0 amide bonds. The molecule has 1 aliphatic heterocycles. The van der Waals surface area contributed by atoms with Crippen molar-refractivity contribution in [2.45, 2.75) is 38.3 Å². The van der Waals surface area contributed by atoms with Crippen LogP contribution < -0.4 is 10.2 Å². The van der Waals surface area contributed by atoms with Gasteiger partial charge in [0.05, 0.1) is 6.10 Å². The second-order valence-corrected chi connectivity index (χ2v) is 5.04. The van der Waals surface area contributed by atoms with E-state index in [9.17, 15) is 5.11 Å². The second kappa shape index (κ2) is 6.71. The summed E-state index contributed by atoms with van der Waals surface area (Å²) in [6.07, 6.45) is 4.78. The van der Waals surface area contributed by atoms with Gasteiger partial charge in [0, 0.05) is 25.3 Å². The average Bonchev–Trinajstić information content (AvgIpc) is 2.40. The minimum absolute atomic E-state index is 0.203. The standard InChI is InChI=1S/C14H23N3O/c1-12(18)5-9-15-13-6-10-17(11-7-13)14-4-2-3-8-16-14/h2-4,8,12-13,15,18H,5-7,9-11H2,1H3. The number of hydrogen-bond donors (Lipinski definition) is 2. The highest BCUT2D eigenvalue weighted by molar-refractivity contribution is 5.38. The van der Waals surface area contributed by atoms with Gasteiger partial charge in [-0.25, -0.2) is 4.98 Å². The van der Waals surface area contributed by atoms with Gasteiger partial charge in [0.15, 0.2) is 0 Å². The Morgan fingerprint density at radius 3 is 2.83 bits per heavy atom. The number of anilines is 1. The Balaban J connectivity index is 1.71. The van der Waals surface area contributed by atoms with E-state index in [1.54, 1.807) is 0 Å². The number of rotatable bonds is 5. The number of aliphatic hydroxyl groups excluding tert-OH is 1. The molecule has 18 heavy (non-hydrogen) atoms. The average molecular weight is 249 g/mol. The zero-order chi connectivity index (χ0) is 12.8. The summed E-state index contributed by atoms with van der Waals surface area (Å²) in [5, 5.41) is 12.7. The first-order valence-corrected chi connectivity index (χ1v) is 6.83. The molecular formula is C14H23N3O. The molecule has 4 nitrogen and oxygen atoms in total. The van der Waals surface area contributed by atoms with Gasteiger partial charge in [-0.1, -0.05) is 6.07 Å². The van der Waals surface area contributed by atoms with Crippen LogP contribution in [-0.2, 0) is 0 Å². The summed E-state index contributed by atoms with van der Waals surface area (Å²) >= 11 is 0. The van der Waals surface area contributed by atoms with E-state index in [-0.39, 0.29) is 6.10 Å². The zero-order valence-electron chi connectivity index (χ0n) is 11.0. The van der Waals surface area contributed by atoms with Crippen LogP contribution in [0.4, 0.5) is 5.82 Å². The number of piperidine rings is 1. The normalized spacial score (nSPS) is 18.9. The monoisotopic (exact) mass is 249 g/mol. The maximum absolute atomic E-state index is 9.22. The number of nitrogens with one attached hydrogen (secondary N) is 1. The van der Waals surface area contributed by atoms with Crippen molar-refractivity contribution in [2.75, 3.05) is 24.5 Å². The number of hydrogen-bond acceptors (Lipinski definition) is 4. The first-order chi connectivity index (χ1) is 8.75. The van der Waals surface area contributed by atoms with Crippen molar-refractivity contribution < 1.29 is 5.11 Å². The number of nitrogens with zero attached hydrogens (tertiary/aromatic N) is 2. The Morgan fingerprint density at radius 2 is 2.22 bits per heavy atom. The van der Waals surface area contributed by atoms with Crippen LogP contribution in [0.5, 0.6) is 0 Å². The molecule has 1 saturated heterocycles. The van der Waals surface area contributed by atoms with Gasteiger partial charge in [0.2, 0.25) is 0 Å². The minimum Gasteiger partial charge on any atom is -0.393 e. The third-order valence-corrected chi connectivity index (χ3v) is 3.46. The van der Waals surface area contributed by atoms with E-state index < -0.39 is 0 Å². The van der Waals surface area contributed by atoms with E-state index in [0.29, 0.717) is 6.04 Å². The van der Waals surface area contributed by atoms with E-state index in [1.165, 1.54) is 0 Å². The maximum Gasteiger partial charge on any atom is 0.128 e. The predicted molar refractivity (Wildman–Crippen MR) is 73.8 cm³/mol. The molecule has 1 fully saturated rings. The number of aromatic nitrogens is 1. The van der Waals surface area contributed by atoms with Crippen molar-refractivity contribution in [3.05, 3.63) is 24.4 Å². The van der Waals surface area contributed by atoms with Gasteiger partial charge in [0.25, 0.3) is 0 Å². The van der Waals surface area contributed by atoms with Crippen LogP contribution in [0.25, 0.3) is 0 Å². The van der Waals surface area contributed by atoms with Gasteiger partial charge in [-0.3, -0.25) is 0 Å². The highest BCUT2D eigenvalue weighted by Gasteiger charge is 2.19. The first-order valence-electron chi connectivity index (χ1n) is 6.83. The molecule has 100 valence electrons. The predicted octanol–water partition coefficient (Wildman–Crippen LogP) is 1.41. The molecule has 0 radical (unpaired) electrons. The Morgan fingerprint density at radius 1 is 1.44 bits per heavy atom. The topological polar surface area (TPSA) is 48.4 Å². The van der Waals surface area contributed by atoms with Crippen LogP contribution in [0.1, 0.15) is 26.2 Å². The lowest BCUT2D eigenvalue weighted by molar-refractivity contribution is 0.181. The molecular weight excluding hydrogens is 226 g/mol. The summed E-state index contributed by atoms with van der Waals surface area (Å²) in [4.78, 5) is 6.73. The summed E-state index contributed by atoms with van der Waals surface area (Å²) in [7, 11) is 0. The molecule has 2 N–H and O–H groups in total. The van der Waals surface area contributed by atoms with Crippen LogP contribution in [0.2, 0.25) is 0 Å². The van der Waals surface area contributed by atoms with E-state index in [2.05, 4.69) is 21.3 Å². The Labute approximate surface area is 109 Å². The van der Waals surface area contributed by atoms with Crippen LogP contribution in [0, 0.1) is 0 Å². The van der Waals surface area contributed by atoms with E-state index >= 15 is 0 Å². The summed E-state index contributed by atoms with van der Waals surface area (Å²) in [5.74, 6) is 1.08. The minimum atomic E-state index is -0.203. The lowest BCUT2D eigenvalue weighted by atomic mass is 10.0. The van der Waals surface area contributed by atoms with Gasteiger partial charge >= 0.3 is 0 Å². The van der Waals surface area contributed by atoms with E-state index in [0.717, 1.165) is 44.7 Å². The summed E-state index contributed by atoms with van der Waals surface area (Å²) in [6, 6.07) is 6.65. The van der Waals surface area contributed by atoms with Gasteiger partial charge in [-0.2, -0.15) is 0 Å². The van der Waals surface area contributed by atoms with Crippen molar-refractivity contribution in [1.82, 2.24) is 10.3 Å². The van der Waals surface area contributed by atoms with E-state index in [4.69, 9.17) is 0 Å². The number of pyridine rings is 1. The molecule has 0 aliphatic carbocycles. The van der Waals surface area contributed by atoms with Crippen molar-refractivity contribution in [1.29, 1.82) is 0 Å². The maximum atomic E-state index is 9.22. The van der Waals surface area contributed by atoms with Crippen molar-refractivity contribution in [3.8, 4) is 0 Å². The van der Waals surface area contributed by atoms with Crippen LogP contribution >= 0.6 is 0 Å². The lowest BCUT2D eigenvalue weighted by Gasteiger charge is -2.33. The molecule has 1 unspecified atom stereocenters. The molecule has 1 aromatic rings. The quantitative estimate of drug-likeness (QED) is 0.828. The van der Waals surface area contributed by atoms with Crippen LogP contribution in [0.15, 0.2) is 24.4 Å². The van der Waals surface area contributed by atoms with Gasteiger partial charge < -0.3 is 15.3 Å². The molecule has 2 heterocycles. The van der Waals surface area contributed by atoms with Crippen molar-refractivity contribution >= 4 is 5.82 Å². The van der Waals surface area contributed by atoms with Gasteiger partial charge in [0.1, 0.15) is 5.82 Å². The molecule has 1 aliphatic rings. The third-order valence-electron chi connectivity index (χ3n) is 3.46. The molecule has 0 bridgehead atoms. The molecule has 0 spiro atoms. The van der Waals surface area contributed by atoms with E-state index in [1.807, 2.05) is 25.3 Å². The molecule has 2 rings (SSSR count). The third kappa shape index (κ3) is 3.96.